The highest BCUT2D eigenvalue weighted by Gasteiger charge is 2.26. The fourth-order valence-electron chi connectivity index (χ4n) is 2.35. The number of carbonyl (C=O) groups excluding carboxylic acids is 2. The summed E-state index contributed by atoms with van der Waals surface area (Å²) in [5.41, 5.74) is 0.477. The summed E-state index contributed by atoms with van der Waals surface area (Å²) < 4.78 is 28.3. The second-order valence-corrected chi connectivity index (χ2v) is 8.10. The maximum Gasteiger partial charge on any atom is 0.339 e. The highest BCUT2D eigenvalue weighted by atomic mass is 32.2. The Bertz CT molecular complexity index is 1050. The number of rotatable bonds is 6. The lowest BCUT2D eigenvalue weighted by Gasteiger charge is -2.14. The number of nitro benzene ring substituents is 1. The Morgan fingerprint density at radius 1 is 1.18 bits per heavy atom. The van der Waals surface area contributed by atoms with Crippen LogP contribution in [-0.2, 0) is 19.4 Å². The third kappa shape index (κ3) is 5.13. The van der Waals surface area contributed by atoms with E-state index in [1.54, 1.807) is 18.2 Å². The predicted molar refractivity (Wildman–Crippen MR) is 101 cm³/mol. The van der Waals surface area contributed by atoms with Gasteiger partial charge < -0.3 is 10.1 Å². The van der Waals surface area contributed by atoms with Gasteiger partial charge >= 0.3 is 5.97 Å². The van der Waals surface area contributed by atoms with Crippen molar-refractivity contribution in [1.29, 1.82) is 0 Å². The van der Waals surface area contributed by atoms with Gasteiger partial charge in [-0.1, -0.05) is 12.1 Å². The Morgan fingerprint density at radius 3 is 2.43 bits per heavy atom. The summed E-state index contributed by atoms with van der Waals surface area (Å²) in [5, 5.41) is 13.7. The van der Waals surface area contributed by atoms with Crippen LogP contribution in [0.15, 0.2) is 47.4 Å². The Kier molecular flexibility index (Phi) is 6.14. The number of carbonyl (C=O) groups is 2. The molecule has 0 saturated carbocycles. The number of aryl methyl sites for hydroxylation is 1. The normalized spacial score (nSPS) is 12.1. The molecule has 0 radical (unpaired) electrons. The molecule has 0 spiro atoms. The van der Waals surface area contributed by atoms with E-state index in [2.05, 4.69) is 5.32 Å². The zero-order chi connectivity index (χ0) is 21.1. The van der Waals surface area contributed by atoms with Gasteiger partial charge in [0.25, 0.3) is 11.6 Å². The molecule has 0 fully saturated rings. The first-order chi connectivity index (χ1) is 13.0. The quantitative estimate of drug-likeness (QED) is 0.443. The molecule has 0 unspecified atom stereocenters. The topological polar surface area (TPSA) is 133 Å². The average Bonchev–Trinajstić information content (AvgIpc) is 2.60. The maximum atomic E-state index is 12.2. The molecule has 0 aliphatic heterocycles. The molecule has 0 bridgehead atoms. The van der Waals surface area contributed by atoms with Crippen LogP contribution >= 0.6 is 0 Å². The second-order valence-electron chi connectivity index (χ2n) is 6.12. The molecular weight excluding hydrogens is 388 g/mol. The van der Waals surface area contributed by atoms with Crippen molar-refractivity contribution < 1.29 is 27.7 Å². The molecule has 9 nitrogen and oxygen atoms in total. The molecule has 0 aromatic heterocycles. The van der Waals surface area contributed by atoms with Gasteiger partial charge in [0.2, 0.25) is 0 Å². The molecule has 2 aromatic carbocycles. The molecule has 10 heteroatoms. The molecule has 1 amide bonds. The Balaban J connectivity index is 2.16. The van der Waals surface area contributed by atoms with Crippen LogP contribution < -0.4 is 5.32 Å². The van der Waals surface area contributed by atoms with Gasteiger partial charge in [-0.3, -0.25) is 14.9 Å². The maximum absolute atomic E-state index is 12.2. The first-order valence-corrected chi connectivity index (χ1v) is 9.95. The minimum absolute atomic E-state index is 0.241. The number of nitrogens with one attached hydrogen (secondary N) is 1. The zero-order valence-electron chi connectivity index (χ0n) is 15.3. The van der Waals surface area contributed by atoms with Crippen LogP contribution in [0.4, 0.5) is 11.4 Å². The molecule has 2 aromatic rings. The van der Waals surface area contributed by atoms with Crippen molar-refractivity contribution in [3.63, 3.8) is 0 Å². The summed E-state index contributed by atoms with van der Waals surface area (Å²) in [6, 6.07) is 9.88. The van der Waals surface area contributed by atoms with Crippen molar-refractivity contribution in [3.8, 4) is 0 Å². The number of hydrogen-bond acceptors (Lipinski definition) is 7. The smallest absolute Gasteiger partial charge is 0.339 e. The van der Waals surface area contributed by atoms with Gasteiger partial charge in [-0.15, -0.1) is 0 Å². The number of nitro groups is 1. The van der Waals surface area contributed by atoms with E-state index in [-0.39, 0.29) is 5.56 Å². The van der Waals surface area contributed by atoms with E-state index in [1.165, 1.54) is 6.92 Å². The van der Waals surface area contributed by atoms with Crippen LogP contribution in [0.3, 0.4) is 0 Å². The predicted octanol–water partition coefficient (Wildman–Crippen LogP) is 2.49. The van der Waals surface area contributed by atoms with Crippen molar-refractivity contribution in [3.05, 3.63) is 63.7 Å². The van der Waals surface area contributed by atoms with E-state index < -0.39 is 43.3 Å². The van der Waals surface area contributed by atoms with Gasteiger partial charge in [-0.05, 0) is 43.7 Å². The molecular formula is C18H18N2O7S. The van der Waals surface area contributed by atoms with E-state index >= 15 is 0 Å². The van der Waals surface area contributed by atoms with Gasteiger partial charge in [0.15, 0.2) is 15.9 Å². The molecule has 1 atom stereocenters. The third-order valence-corrected chi connectivity index (χ3v) is 4.87. The molecule has 2 rings (SSSR count). The number of sulfone groups is 1. The lowest BCUT2D eigenvalue weighted by atomic mass is 10.2. The monoisotopic (exact) mass is 406 g/mol. The standard InChI is InChI=1S/C18H18N2O7S/c1-11-5-4-6-14(9-11)19-17(21)12(2)27-18(22)13-7-8-16(28(3,25)26)15(10-13)20(23)24/h4-10,12H,1-3H3,(H,19,21)/t12-/m0/s1. The molecule has 0 saturated heterocycles. The fourth-order valence-corrected chi connectivity index (χ4v) is 3.18. The Morgan fingerprint density at radius 2 is 1.86 bits per heavy atom. The van der Waals surface area contributed by atoms with E-state index in [1.807, 2.05) is 13.0 Å². The van der Waals surface area contributed by atoms with E-state index in [0.717, 1.165) is 30.0 Å². The molecule has 0 aliphatic carbocycles. The summed E-state index contributed by atoms with van der Waals surface area (Å²) in [6.45, 7) is 3.20. The van der Waals surface area contributed by atoms with Crippen LogP contribution in [0.25, 0.3) is 0 Å². The molecule has 0 aliphatic rings. The average molecular weight is 406 g/mol. The Labute approximate surface area is 161 Å². The lowest BCUT2D eigenvalue weighted by molar-refractivity contribution is -0.387. The van der Waals surface area contributed by atoms with Crippen LogP contribution in [0, 0.1) is 17.0 Å². The van der Waals surface area contributed by atoms with Gasteiger partial charge in [0.1, 0.15) is 4.90 Å². The number of amides is 1. The molecule has 0 heterocycles. The summed E-state index contributed by atoms with van der Waals surface area (Å²) in [7, 11) is -3.85. The largest absolute Gasteiger partial charge is 0.449 e. The summed E-state index contributed by atoms with van der Waals surface area (Å²) in [6.07, 6.45) is -0.355. The highest BCUT2D eigenvalue weighted by molar-refractivity contribution is 7.90. The number of hydrogen-bond donors (Lipinski definition) is 1. The zero-order valence-corrected chi connectivity index (χ0v) is 16.1. The first kappa shape index (κ1) is 21.0. The number of ether oxygens (including phenoxy) is 1. The van der Waals surface area contributed by atoms with Crippen LogP contribution in [0.1, 0.15) is 22.8 Å². The fraction of sp³-hybridized carbons (Fsp3) is 0.222. The van der Waals surface area contributed by atoms with Gasteiger partial charge in [0, 0.05) is 18.0 Å². The van der Waals surface area contributed by atoms with E-state index in [0.29, 0.717) is 5.69 Å². The first-order valence-electron chi connectivity index (χ1n) is 8.06. The lowest BCUT2D eigenvalue weighted by Crippen LogP contribution is -2.30. The number of nitrogens with zero attached hydrogens (tertiary/aromatic N) is 1. The van der Waals surface area contributed by atoms with Gasteiger partial charge in [-0.25, -0.2) is 13.2 Å². The van der Waals surface area contributed by atoms with Gasteiger partial charge in [-0.2, -0.15) is 0 Å². The molecule has 28 heavy (non-hydrogen) atoms. The van der Waals surface area contributed by atoms with Crippen LogP contribution in [-0.4, -0.2) is 37.6 Å². The van der Waals surface area contributed by atoms with Crippen LogP contribution in [0.5, 0.6) is 0 Å². The second kappa shape index (κ2) is 8.17. The van der Waals surface area contributed by atoms with Crippen molar-refractivity contribution in [2.24, 2.45) is 0 Å². The highest BCUT2D eigenvalue weighted by Crippen LogP contribution is 2.25. The van der Waals surface area contributed by atoms with Crippen molar-refractivity contribution >= 4 is 33.1 Å². The summed E-state index contributed by atoms with van der Waals surface area (Å²) >= 11 is 0. The van der Waals surface area contributed by atoms with Crippen LogP contribution in [0.2, 0.25) is 0 Å². The minimum atomic E-state index is -3.85. The molecule has 1 N–H and O–H groups in total. The summed E-state index contributed by atoms with van der Waals surface area (Å²) in [5.74, 6) is -1.57. The minimum Gasteiger partial charge on any atom is -0.449 e. The van der Waals surface area contributed by atoms with Crippen molar-refractivity contribution in [2.45, 2.75) is 24.8 Å². The van der Waals surface area contributed by atoms with Crippen molar-refractivity contribution in [1.82, 2.24) is 0 Å². The van der Waals surface area contributed by atoms with Crippen molar-refractivity contribution in [2.75, 3.05) is 11.6 Å². The summed E-state index contributed by atoms with van der Waals surface area (Å²) in [4.78, 5) is 34.1. The van der Waals surface area contributed by atoms with E-state index in [9.17, 15) is 28.1 Å². The van der Waals surface area contributed by atoms with E-state index in [4.69, 9.17) is 4.74 Å². The number of anilines is 1. The van der Waals surface area contributed by atoms with Gasteiger partial charge in [0.05, 0.1) is 10.5 Å². The SMILES string of the molecule is Cc1cccc(NC(=O)[C@H](C)OC(=O)c2ccc(S(C)(=O)=O)c([N+](=O)[O-])c2)c1. The number of benzene rings is 2. The molecule has 148 valence electrons. The third-order valence-electron chi connectivity index (χ3n) is 3.73. The number of esters is 1. The Hall–Kier alpha value is -3.27.